The lowest BCUT2D eigenvalue weighted by molar-refractivity contribution is -0.113. The number of hydrogen-bond donors (Lipinski definition) is 1. The van der Waals surface area contributed by atoms with Gasteiger partial charge in [-0.05, 0) is 31.2 Å². The van der Waals surface area contributed by atoms with Crippen LogP contribution in [-0.4, -0.2) is 35.8 Å². The van der Waals surface area contributed by atoms with Crippen molar-refractivity contribution in [3.05, 3.63) is 95.2 Å². The third-order valence-electron chi connectivity index (χ3n) is 5.37. The number of para-hydroxylation sites is 1. The predicted octanol–water partition coefficient (Wildman–Crippen LogP) is 4.29. The van der Waals surface area contributed by atoms with Crippen LogP contribution in [0.3, 0.4) is 0 Å². The van der Waals surface area contributed by atoms with Gasteiger partial charge in [0, 0.05) is 18.5 Å². The molecule has 0 radical (unpaired) electrons. The van der Waals surface area contributed by atoms with Gasteiger partial charge in [-0.2, -0.15) is 0 Å². The van der Waals surface area contributed by atoms with Gasteiger partial charge in [0.05, 0.1) is 22.9 Å². The first-order chi connectivity index (χ1) is 17.0. The summed E-state index contributed by atoms with van der Waals surface area (Å²) in [4.78, 5) is 26.9. The topological polar surface area (TPSA) is 86.7 Å². The number of nitrogens with zero attached hydrogens (tertiary/aromatic N) is 5. The Morgan fingerprint density at radius 1 is 1.06 bits per heavy atom. The second kappa shape index (κ2) is 11.3. The van der Waals surface area contributed by atoms with Crippen molar-refractivity contribution >= 4 is 35.1 Å². The summed E-state index contributed by atoms with van der Waals surface area (Å²) in [5.41, 5.74) is 1.41. The van der Waals surface area contributed by atoms with Crippen LogP contribution in [0.15, 0.2) is 88.2 Å². The molecule has 0 saturated carbocycles. The number of carbonyl (C=O) groups excluding carboxylic acids is 1. The summed E-state index contributed by atoms with van der Waals surface area (Å²) in [5.74, 6) is 1.28. The molecule has 0 aliphatic carbocycles. The zero-order chi connectivity index (χ0) is 24.8. The third-order valence-corrected chi connectivity index (χ3v) is 7.34. The lowest BCUT2D eigenvalue weighted by Crippen LogP contribution is -2.23. The summed E-state index contributed by atoms with van der Waals surface area (Å²) in [7, 11) is 1.79. The molecule has 0 unspecified atom stereocenters. The number of rotatable bonds is 10. The highest BCUT2D eigenvalue weighted by Crippen LogP contribution is 2.25. The fraction of sp³-hybridized carbons (Fsp3) is 0.200. The van der Waals surface area contributed by atoms with E-state index in [1.807, 2.05) is 53.1 Å². The van der Waals surface area contributed by atoms with Crippen molar-refractivity contribution < 1.29 is 4.79 Å². The van der Waals surface area contributed by atoms with E-state index in [9.17, 15) is 9.59 Å². The highest BCUT2D eigenvalue weighted by atomic mass is 32.2. The fourth-order valence-corrected chi connectivity index (χ4v) is 5.15. The van der Waals surface area contributed by atoms with E-state index in [2.05, 4.69) is 34.2 Å². The van der Waals surface area contributed by atoms with Crippen LogP contribution in [0.2, 0.25) is 0 Å². The molecule has 2 aromatic carbocycles. The Labute approximate surface area is 212 Å². The molecule has 1 amide bonds. The van der Waals surface area contributed by atoms with Gasteiger partial charge < -0.3 is 9.88 Å². The molecular weight excluding hydrogens is 480 g/mol. The number of amides is 1. The zero-order valence-electron chi connectivity index (χ0n) is 19.5. The number of thioether (sulfide) groups is 2. The van der Waals surface area contributed by atoms with Crippen molar-refractivity contribution in [2.24, 2.45) is 7.05 Å². The maximum atomic E-state index is 13.0. The lowest BCUT2D eigenvalue weighted by atomic mass is 10.3. The predicted molar refractivity (Wildman–Crippen MR) is 141 cm³/mol. The molecule has 4 rings (SSSR count). The van der Waals surface area contributed by atoms with E-state index in [1.54, 1.807) is 36.5 Å². The second-order valence-corrected chi connectivity index (χ2v) is 9.66. The molecule has 0 aliphatic heterocycles. The molecule has 180 valence electrons. The van der Waals surface area contributed by atoms with E-state index in [-0.39, 0.29) is 22.9 Å². The Morgan fingerprint density at radius 3 is 2.43 bits per heavy atom. The van der Waals surface area contributed by atoms with Crippen LogP contribution in [0.5, 0.6) is 0 Å². The van der Waals surface area contributed by atoms with Crippen molar-refractivity contribution in [2.75, 3.05) is 11.1 Å². The molecular formula is C25H26N6O2S2. The number of anilines is 1. The molecule has 0 spiro atoms. The molecule has 0 aliphatic rings. The smallest absolute Gasteiger partial charge is 0.295 e. The Hall–Kier alpha value is -3.50. The van der Waals surface area contributed by atoms with Gasteiger partial charge in [-0.25, -0.2) is 4.68 Å². The number of aromatic nitrogens is 5. The van der Waals surface area contributed by atoms with E-state index < -0.39 is 0 Å². The minimum atomic E-state index is -0.283. The van der Waals surface area contributed by atoms with Crippen LogP contribution in [0.1, 0.15) is 11.5 Å². The molecule has 35 heavy (non-hydrogen) atoms. The Balaban J connectivity index is 1.44. The van der Waals surface area contributed by atoms with Gasteiger partial charge in [0.15, 0.2) is 5.16 Å². The highest BCUT2D eigenvalue weighted by molar-refractivity contribution is 7.99. The van der Waals surface area contributed by atoms with Crippen molar-refractivity contribution in [3.8, 4) is 5.69 Å². The molecule has 1 N–H and O–H groups in total. The first-order valence-corrected chi connectivity index (χ1v) is 12.9. The third kappa shape index (κ3) is 5.60. The van der Waals surface area contributed by atoms with Crippen LogP contribution in [-0.2, 0) is 24.1 Å². The number of benzene rings is 2. The van der Waals surface area contributed by atoms with Gasteiger partial charge in [0.1, 0.15) is 11.5 Å². The maximum Gasteiger partial charge on any atom is 0.295 e. The molecule has 2 aromatic heterocycles. The van der Waals surface area contributed by atoms with E-state index >= 15 is 0 Å². The first-order valence-electron chi connectivity index (χ1n) is 11.0. The van der Waals surface area contributed by atoms with Gasteiger partial charge >= 0.3 is 0 Å². The van der Waals surface area contributed by atoms with E-state index in [0.717, 1.165) is 16.4 Å². The Morgan fingerprint density at radius 2 is 1.74 bits per heavy atom. The largest absolute Gasteiger partial charge is 0.319 e. The van der Waals surface area contributed by atoms with Crippen LogP contribution < -0.4 is 10.9 Å². The van der Waals surface area contributed by atoms with E-state index in [4.69, 9.17) is 0 Å². The summed E-state index contributed by atoms with van der Waals surface area (Å²) in [6.45, 7) is 6.18. The standard InChI is InChI=1S/C25H26N6O2S2/c1-4-15-30-21(16-34-20-13-9-6-10-14-20)27-28-25(30)35-17-22(32)26-23-18(2)29(3)31(24(23)33)19-11-7-5-8-12-19/h4-14H,1,15-17H2,2-3H3,(H,26,32). The molecule has 8 nitrogen and oxygen atoms in total. The summed E-state index contributed by atoms with van der Waals surface area (Å²) < 4.78 is 5.23. The minimum Gasteiger partial charge on any atom is -0.319 e. The van der Waals surface area contributed by atoms with Crippen molar-refractivity contribution in [3.63, 3.8) is 0 Å². The van der Waals surface area contributed by atoms with Gasteiger partial charge in [-0.15, -0.1) is 28.5 Å². The van der Waals surface area contributed by atoms with Crippen LogP contribution >= 0.6 is 23.5 Å². The van der Waals surface area contributed by atoms with Crippen molar-refractivity contribution in [1.82, 2.24) is 24.1 Å². The van der Waals surface area contributed by atoms with Crippen molar-refractivity contribution in [2.45, 2.75) is 29.3 Å². The van der Waals surface area contributed by atoms with E-state index in [1.165, 1.54) is 16.4 Å². The highest BCUT2D eigenvalue weighted by Gasteiger charge is 2.19. The SMILES string of the molecule is C=CCn1c(CSc2ccccc2)nnc1SCC(=O)Nc1c(C)n(C)n(-c2ccccc2)c1=O. The minimum absolute atomic E-state index is 0.0974. The summed E-state index contributed by atoms with van der Waals surface area (Å²) in [5, 5.41) is 12.0. The normalized spacial score (nSPS) is 10.9. The first kappa shape index (κ1) is 24.6. The summed E-state index contributed by atoms with van der Waals surface area (Å²) >= 11 is 2.95. The molecule has 0 fully saturated rings. The number of carbonyl (C=O) groups is 1. The molecule has 4 aromatic rings. The lowest BCUT2D eigenvalue weighted by Gasteiger charge is -2.08. The van der Waals surface area contributed by atoms with Gasteiger partial charge in [0.25, 0.3) is 5.56 Å². The molecule has 0 atom stereocenters. The van der Waals surface area contributed by atoms with Crippen LogP contribution in [0.4, 0.5) is 5.69 Å². The maximum absolute atomic E-state index is 13.0. The summed E-state index contributed by atoms with van der Waals surface area (Å²) in [6.07, 6.45) is 1.78. The van der Waals surface area contributed by atoms with Crippen LogP contribution in [0.25, 0.3) is 5.69 Å². The van der Waals surface area contributed by atoms with Gasteiger partial charge in [0.2, 0.25) is 5.91 Å². The molecule has 0 saturated heterocycles. The molecule has 0 bridgehead atoms. The number of nitrogens with one attached hydrogen (secondary N) is 1. The van der Waals surface area contributed by atoms with Crippen LogP contribution in [0, 0.1) is 6.92 Å². The van der Waals surface area contributed by atoms with Crippen molar-refractivity contribution in [1.29, 1.82) is 0 Å². The Kier molecular flexibility index (Phi) is 7.94. The zero-order valence-corrected chi connectivity index (χ0v) is 21.2. The van der Waals surface area contributed by atoms with E-state index in [0.29, 0.717) is 23.1 Å². The quantitative estimate of drug-likeness (QED) is 0.255. The summed E-state index contributed by atoms with van der Waals surface area (Å²) in [6, 6.07) is 19.4. The monoisotopic (exact) mass is 506 g/mol. The second-order valence-electron chi connectivity index (χ2n) is 7.67. The van der Waals surface area contributed by atoms with Gasteiger partial charge in [-0.1, -0.05) is 54.2 Å². The average molecular weight is 507 g/mol. The average Bonchev–Trinajstić information content (AvgIpc) is 3.35. The Bertz CT molecular complexity index is 1380. The fourth-order valence-electron chi connectivity index (χ4n) is 3.53. The number of allylic oxidation sites excluding steroid dienone is 1. The number of hydrogen-bond acceptors (Lipinski definition) is 6. The van der Waals surface area contributed by atoms with Gasteiger partial charge in [-0.3, -0.25) is 14.3 Å². The molecule has 10 heteroatoms. The molecule has 2 heterocycles.